The second-order valence-electron chi connectivity index (χ2n) is 4.93. The lowest BCUT2D eigenvalue weighted by atomic mass is 10.1. The number of nitriles is 1. The number of aromatic nitrogens is 1. The molecule has 1 heterocycles. The summed E-state index contributed by atoms with van der Waals surface area (Å²) in [5, 5.41) is 18.4. The standard InChI is InChI=1S/C18H10F2N2O2/c19-16-3-1-11(7-17(16)20)13-6-15(10-22-9-13)24-14-2-4-18(23)12(5-14)8-21/h1-7,9-10,23H. The third kappa shape index (κ3) is 3.15. The average molecular weight is 324 g/mol. The first-order chi connectivity index (χ1) is 11.6. The van der Waals surface area contributed by atoms with E-state index in [1.807, 2.05) is 6.07 Å². The van der Waals surface area contributed by atoms with E-state index in [1.54, 1.807) is 6.07 Å². The van der Waals surface area contributed by atoms with Crippen molar-refractivity contribution < 1.29 is 18.6 Å². The Kier molecular flexibility index (Phi) is 4.08. The fourth-order valence-electron chi connectivity index (χ4n) is 2.11. The van der Waals surface area contributed by atoms with E-state index < -0.39 is 11.6 Å². The molecule has 0 saturated heterocycles. The molecule has 0 saturated carbocycles. The van der Waals surface area contributed by atoms with Gasteiger partial charge in [-0.25, -0.2) is 8.78 Å². The smallest absolute Gasteiger partial charge is 0.159 e. The van der Waals surface area contributed by atoms with Crippen molar-refractivity contribution in [1.82, 2.24) is 4.98 Å². The minimum Gasteiger partial charge on any atom is -0.507 e. The Morgan fingerprint density at radius 3 is 2.50 bits per heavy atom. The second-order valence-corrected chi connectivity index (χ2v) is 4.93. The Hall–Kier alpha value is -3.46. The Labute approximate surface area is 136 Å². The van der Waals surface area contributed by atoms with E-state index in [-0.39, 0.29) is 11.3 Å². The second kappa shape index (κ2) is 6.34. The van der Waals surface area contributed by atoms with Crippen molar-refractivity contribution in [2.45, 2.75) is 0 Å². The highest BCUT2D eigenvalue weighted by molar-refractivity contribution is 5.64. The number of ether oxygens (including phenoxy) is 1. The number of pyridine rings is 1. The molecular formula is C18H10F2N2O2. The van der Waals surface area contributed by atoms with Gasteiger partial charge in [0.05, 0.1) is 11.8 Å². The lowest BCUT2D eigenvalue weighted by Crippen LogP contribution is -1.90. The van der Waals surface area contributed by atoms with Crippen LogP contribution in [-0.4, -0.2) is 10.1 Å². The predicted octanol–water partition coefficient (Wildman–Crippen LogP) is 4.40. The van der Waals surface area contributed by atoms with E-state index in [4.69, 9.17) is 10.00 Å². The van der Waals surface area contributed by atoms with E-state index in [2.05, 4.69) is 4.98 Å². The summed E-state index contributed by atoms with van der Waals surface area (Å²) in [6.07, 6.45) is 2.94. The average Bonchev–Trinajstić information content (AvgIpc) is 2.59. The number of aromatic hydroxyl groups is 1. The molecule has 0 unspecified atom stereocenters. The van der Waals surface area contributed by atoms with Crippen LogP contribution in [0.2, 0.25) is 0 Å². The van der Waals surface area contributed by atoms with Crippen LogP contribution in [0.1, 0.15) is 5.56 Å². The fraction of sp³-hybridized carbons (Fsp3) is 0. The fourth-order valence-corrected chi connectivity index (χ4v) is 2.11. The molecule has 0 spiro atoms. The van der Waals surface area contributed by atoms with Gasteiger partial charge < -0.3 is 9.84 Å². The summed E-state index contributed by atoms with van der Waals surface area (Å²) < 4.78 is 32.0. The Morgan fingerprint density at radius 2 is 1.75 bits per heavy atom. The molecule has 24 heavy (non-hydrogen) atoms. The molecular weight excluding hydrogens is 314 g/mol. The Balaban J connectivity index is 1.91. The molecule has 4 nitrogen and oxygen atoms in total. The third-order valence-corrected chi connectivity index (χ3v) is 3.29. The van der Waals surface area contributed by atoms with Crippen LogP contribution in [0.3, 0.4) is 0 Å². The summed E-state index contributed by atoms with van der Waals surface area (Å²) >= 11 is 0. The number of phenols is 1. The normalized spacial score (nSPS) is 10.2. The van der Waals surface area contributed by atoms with Crippen LogP contribution in [0, 0.1) is 23.0 Å². The molecule has 0 bridgehead atoms. The molecule has 118 valence electrons. The maximum absolute atomic E-state index is 13.4. The van der Waals surface area contributed by atoms with Gasteiger partial charge in [0.15, 0.2) is 11.6 Å². The van der Waals surface area contributed by atoms with Gasteiger partial charge in [0.25, 0.3) is 0 Å². The number of phenolic OH excluding ortho intramolecular Hbond substituents is 1. The van der Waals surface area contributed by atoms with E-state index in [0.717, 1.165) is 12.1 Å². The number of rotatable bonds is 3. The van der Waals surface area contributed by atoms with Gasteiger partial charge >= 0.3 is 0 Å². The van der Waals surface area contributed by atoms with Crippen molar-refractivity contribution in [2.75, 3.05) is 0 Å². The maximum Gasteiger partial charge on any atom is 0.159 e. The van der Waals surface area contributed by atoms with Crippen LogP contribution in [0.4, 0.5) is 8.78 Å². The molecule has 0 aliphatic rings. The van der Waals surface area contributed by atoms with Gasteiger partial charge in [-0.2, -0.15) is 5.26 Å². The lowest BCUT2D eigenvalue weighted by molar-refractivity contribution is 0.462. The SMILES string of the molecule is N#Cc1cc(Oc2cncc(-c3ccc(F)c(F)c3)c2)ccc1O. The number of nitrogens with zero attached hydrogens (tertiary/aromatic N) is 2. The van der Waals surface area contributed by atoms with Crippen molar-refractivity contribution >= 4 is 0 Å². The minimum absolute atomic E-state index is 0.0808. The summed E-state index contributed by atoms with van der Waals surface area (Å²) in [4.78, 5) is 4.01. The highest BCUT2D eigenvalue weighted by atomic mass is 19.2. The van der Waals surface area contributed by atoms with E-state index in [9.17, 15) is 13.9 Å². The summed E-state index contributed by atoms with van der Waals surface area (Å²) in [7, 11) is 0. The van der Waals surface area contributed by atoms with Crippen molar-refractivity contribution in [1.29, 1.82) is 5.26 Å². The molecule has 6 heteroatoms. The quantitative estimate of drug-likeness (QED) is 0.775. The molecule has 1 N–H and O–H groups in total. The topological polar surface area (TPSA) is 66.1 Å². The monoisotopic (exact) mass is 324 g/mol. The Bertz CT molecular complexity index is 952. The highest BCUT2D eigenvalue weighted by Gasteiger charge is 2.08. The summed E-state index contributed by atoms with van der Waals surface area (Å²) in [6.45, 7) is 0. The molecule has 0 aliphatic heterocycles. The van der Waals surface area contributed by atoms with Gasteiger partial charge in [-0.15, -0.1) is 0 Å². The van der Waals surface area contributed by atoms with Crippen molar-refractivity contribution in [2.24, 2.45) is 0 Å². The van der Waals surface area contributed by atoms with E-state index in [1.165, 1.54) is 36.7 Å². The van der Waals surface area contributed by atoms with Crippen molar-refractivity contribution in [3.63, 3.8) is 0 Å². The zero-order valence-corrected chi connectivity index (χ0v) is 12.2. The molecule has 3 rings (SSSR count). The van der Waals surface area contributed by atoms with Gasteiger partial charge in [-0.05, 0) is 35.9 Å². The summed E-state index contributed by atoms with van der Waals surface area (Å²) in [5.41, 5.74) is 1.08. The van der Waals surface area contributed by atoms with Crippen LogP contribution >= 0.6 is 0 Å². The molecule has 3 aromatic rings. The van der Waals surface area contributed by atoms with Crippen LogP contribution in [0.15, 0.2) is 54.9 Å². The first-order valence-electron chi connectivity index (χ1n) is 6.88. The maximum atomic E-state index is 13.4. The first-order valence-corrected chi connectivity index (χ1v) is 6.88. The van der Waals surface area contributed by atoms with Crippen LogP contribution in [0.25, 0.3) is 11.1 Å². The van der Waals surface area contributed by atoms with E-state index in [0.29, 0.717) is 22.6 Å². The van der Waals surface area contributed by atoms with Crippen LogP contribution in [0.5, 0.6) is 17.2 Å². The molecule has 0 amide bonds. The van der Waals surface area contributed by atoms with Gasteiger partial charge in [-0.3, -0.25) is 4.98 Å². The highest BCUT2D eigenvalue weighted by Crippen LogP contribution is 2.29. The Morgan fingerprint density at radius 1 is 0.917 bits per heavy atom. The number of hydrogen-bond acceptors (Lipinski definition) is 4. The summed E-state index contributed by atoms with van der Waals surface area (Å²) in [6, 6.07) is 11.2. The zero-order valence-electron chi connectivity index (χ0n) is 12.2. The third-order valence-electron chi connectivity index (χ3n) is 3.29. The van der Waals surface area contributed by atoms with Gasteiger partial charge in [0.1, 0.15) is 23.3 Å². The first kappa shape index (κ1) is 15.4. The largest absolute Gasteiger partial charge is 0.507 e. The zero-order chi connectivity index (χ0) is 17.1. The molecule has 0 atom stereocenters. The molecule has 1 aromatic heterocycles. The number of hydrogen-bond donors (Lipinski definition) is 1. The van der Waals surface area contributed by atoms with Crippen LogP contribution in [-0.2, 0) is 0 Å². The van der Waals surface area contributed by atoms with E-state index >= 15 is 0 Å². The minimum atomic E-state index is -0.948. The van der Waals surface area contributed by atoms with Gasteiger partial charge in [0.2, 0.25) is 0 Å². The summed E-state index contributed by atoms with van der Waals surface area (Å²) in [5.74, 6) is -1.32. The van der Waals surface area contributed by atoms with Gasteiger partial charge in [-0.1, -0.05) is 6.07 Å². The number of benzene rings is 2. The van der Waals surface area contributed by atoms with Crippen molar-refractivity contribution in [3.05, 3.63) is 72.1 Å². The lowest BCUT2D eigenvalue weighted by Gasteiger charge is -2.08. The number of halogens is 2. The molecule has 0 aliphatic carbocycles. The van der Waals surface area contributed by atoms with Crippen LogP contribution < -0.4 is 4.74 Å². The molecule has 0 fully saturated rings. The predicted molar refractivity (Wildman–Crippen MR) is 82.5 cm³/mol. The van der Waals surface area contributed by atoms with Gasteiger partial charge in [0, 0.05) is 17.8 Å². The van der Waals surface area contributed by atoms with Crippen molar-refractivity contribution in [3.8, 4) is 34.4 Å². The molecule has 2 aromatic carbocycles. The molecule has 0 radical (unpaired) electrons.